The molecule has 0 aliphatic carbocycles. The van der Waals surface area contributed by atoms with Gasteiger partial charge in [0.2, 0.25) is 0 Å². The van der Waals surface area contributed by atoms with E-state index in [0.29, 0.717) is 0 Å². The molecule has 0 unspecified atom stereocenters. The quantitative estimate of drug-likeness (QED) is 0.483. The van der Waals surface area contributed by atoms with Crippen LogP contribution < -0.4 is 4.74 Å². The molecule has 7 heteroatoms. The van der Waals surface area contributed by atoms with Crippen molar-refractivity contribution in [2.24, 2.45) is 0 Å². The van der Waals surface area contributed by atoms with Gasteiger partial charge >= 0.3 is 17.9 Å². The fourth-order valence-electron chi connectivity index (χ4n) is 1.42. The van der Waals surface area contributed by atoms with Gasteiger partial charge in [-0.25, -0.2) is 14.4 Å². The van der Waals surface area contributed by atoms with Crippen molar-refractivity contribution < 1.29 is 34.1 Å². The van der Waals surface area contributed by atoms with Crippen molar-refractivity contribution >= 4 is 17.9 Å². The van der Waals surface area contributed by atoms with E-state index in [4.69, 9.17) is 14.6 Å². The highest BCUT2D eigenvalue weighted by atomic mass is 16.5. The number of rotatable bonds is 5. The van der Waals surface area contributed by atoms with Gasteiger partial charge in [0, 0.05) is 5.57 Å². The third-order valence-corrected chi connectivity index (χ3v) is 2.40. The Morgan fingerprint density at radius 2 is 1.90 bits per heavy atom. The van der Waals surface area contributed by atoms with Crippen LogP contribution in [0.4, 0.5) is 0 Å². The van der Waals surface area contributed by atoms with Crippen LogP contribution in [-0.4, -0.2) is 34.7 Å². The molecule has 0 amide bonds. The fraction of sp³-hybridized carbons (Fsp3) is 0.214. The molecule has 2 N–H and O–H groups in total. The monoisotopic (exact) mass is 294 g/mol. The number of hydrogen-bond acceptors (Lipinski definition) is 6. The van der Waals surface area contributed by atoms with Gasteiger partial charge in [-0.2, -0.15) is 0 Å². The summed E-state index contributed by atoms with van der Waals surface area (Å²) in [5.74, 6) is -4.38. The number of carbonyl (C=O) groups is 3. The predicted octanol–water partition coefficient (Wildman–Crippen LogP) is 1.75. The number of phenols is 1. The van der Waals surface area contributed by atoms with E-state index in [-0.39, 0.29) is 17.9 Å². The van der Waals surface area contributed by atoms with Crippen LogP contribution in [0.2, 0.25) is 0 Å². The summed E-state index contributed by atoms with van der Waals surface area (Å²) in [5.41, 5.74) is -0.953. The average molecular weight is 294 g/mol. The molecule has 1 rings (SSSR count). The molecule has 0 aromatic heterocycles. The van der Waals surface area contributed by atoms with Crippen molar-refractivity contribution in [2.75, 3.05) is 6.61 Å². The molecule has 112 valence electrons. The van der Waals surface area contributed by atoms with Gasteiger partial charge in [-0.05, 0) is 26.0 Å². The summed E-state index contributed by atoms with van der Waals surface area (Å²) in [6, 6.07) is 2.11. The smallest absolute Gasteiger partial charge is 0.345 e. The van der Waals surface area contributed by atoms with Gasteiger partial charge in [0.05, 0.1) is 6.61 Å². The summed E-state index contributed by atoms with van der Waals surface area (Å²) in [5, 5.41) is 18.8. The summed E-state index contributed by atoms with van der Waals surface area (Å²) >= 11 is 0. The Labute approximate surface area is 120 Å². The van der Waals surface area contributed by atoms with E-state index < -0.39 is 34.8 Å². The minimum absolute atomic E-state index is 0.00342. The number of benzene rings is 1. The normalized spacial score (nSPS) is 9.81. The molecular weight excluding hydrogens is 280 g/mol. The van der Waals surface area contributed by atoms with Crippen molar-refractivity contribution in [3.63, 3.8) is 0 Å². The molecule has 0 bridgehead atoms. The topological polar surface area (TPSA) is 110 Å². The predicted molar refractivity (Wildman–Crippen MR) is 71.5 cm³/mol. The van der Waals surface area contributed by atoms with E-state index in [0.717, 1.165) is 12.1 Å². The number of aromatic carboxylic acids is 1. The second-order valence-electron chi connectivity index (χ2n) is 4.03. The summed E-state index contributed by atoms with van der Waals surface area (Å²) in [7, 11) is 0. The molecule has 1 aromatic rings. The molecule has 1 aromatic carbocycles. The Balaban J connectivity index is 3.39. The Morgan fingerprint density at radius 1 is 1.29 bits per heavy atom. The SMILES string of the molecule is C=C(C)C(=O)Oc1ccc(C(=O)O)c(O)c1C(=O)OCC. The molecule has 0 aliphatic rings. The molecule has 0 fully saturated rings. The van der Waals surface area contributed by atoms with Crippen molar-refractivity contribution in [2.45, 2.75) is 13.8 Å². The largest absolute Gasteiger partial charge is 0.506 e. The van der Waals surface area contributed by atoms with Crippen LogP contribution in [0.3, 0.4) is 0 Å². The van der Waals surface area contributed by atoms with Crippen LogP contribution >= 0.6 is 0 Å². The lowest BCUT2D eigenvalue weighted by Crippen LogP contribution is -2.14. The van der Waals surface area contributed by atoms with Crippen LogP contribution in [0.15, 0.2) is 24.3 Å². The van der Waals surface area contributed by atoms with Gasteiger partial charge in [-0.15, -0.1) is 0 Å². The van der Waals surface area contributed by atoms with E-state index in [1.165, 1.54) is 13.8 Å². The van der Waals surface area contributed by atoms with Crippen LogP contribution in [0, 0.1) is 0 Å². The number of esters is 2. The van der Waals surface area contributed by atoms with Crippen LogP contribution in [0.25, 0.3) is 0 Å². The minimum Gasteiger partial charge on any atom is -0.506 e. The first kappa shape index (κ1) is 16.2. The first-order valence-electron chi connectivity index (χ1n) is 5.93. The van der Waals surface area contributed by atoms with Gasteiger partial charge in [-0.3, -0.25) is 0 Å². The summed E-state index contributed by atoms with van der Waals surface area (Å²) in [6.07, 6.45) is 0. The van der Waals surface area contributed by atoms with Crippen LogP contribution in [0.5, 0.6) is 11.5 Å². The van der Waals surface area contributed by atoms with Crippen LogP contribution in [0.1, 0.15) is 34.6 Å². The highest BCUT2D eigenvalue weighted by molar-refractivity contribution is 6.02. The number of carboxylic acid groups (broad SMARTS) is 1. The van der Waals surface area contributed by atoms with Gasteiger partial charge in [-0.1, -0.05) is 6.58 Å². The molecule has 0 aliphatic heterocycles. The zero-order valence-corrected chi connectivity index (χ0v) is 11.5. The lowest BCUT2D eigenvalue weighted by atomic mass is 10.1. The molecule has 0 radical (unpaired) electrons. The standard InChI is InChI=1S/C14H14O7/c1-4-20-14(19)10-9(21-13(18)7(2)3)6-5-8(11(10)15)12(16)17/h5-6,15H,2,4H2,1,3H3,(H,16,17). The summed E-state index contributed by atoms with van der Waals surface area (Å²) < 4.78 is 9.62. The van der Waals surface area contributed by atoms with Gasteiger partial charge < -0.3 is 19.7 Å². The Hall–Kier alpha value is -2.83. The molecule has 0 heterocycles. The molecule has 0 saturated carbocycles. The second-order valence-corrected chi connectivity index (χ2v) is 4.03. The Morgan fingerprint density at radius 3 is 2.38 bits per heavy atom. The van der Waals surface area contributed by atoms with Crippen molar-refractivity contribution in [1.29, 1.82) is 0 Å². The maximum absolute atomic E-state index is 11.8. The Bertz CT molecular complexity index is 616. The van der Waals surface area contributed by atoms with Crippen molar-refractivity contribution in [3.05, 3.63) is 35.4 Å². The average Bonchev–Trinajstić information content (AvgIpc) is 2.38. The van der Waals surface area contributed by atoms with E-state index in [1.807, 2.05) is 0 Å². The Kier molecular flexibility index (Phi) is 5.06. The first-order valence-corrected chi connectivity index (χ1v) is 5.93. The molecule has 21 heavy (non-hydrogen) atoms. The molecule has 0 saturated heterocycles. The fourth-order valence-corrected chi connectivity index (χ4v) is 1.42. The third kappa shape index (κ3) is 3.59. The summed E-state index contributed by atoms with van der Waals surface area (Å²) in [4.78, 5) is 34.3. The maximum Gasteiger partial charge on any atom is 0.345 e. The number of aromatic hydroxyl groups is 1. The first-order chi connectivity index (χ1) is 9.79. The second kappa shape index (κ2) is 6.56. The van der Waals surface area contributed by atoms with Crippen molar-refractivity contribution in [1.82, 2.24) is 0 Å². The van der Waals surface area contributed by atoms with E-state index in [2.05, 4.69) is 6.58 Å². The highest BCUT2D eigenvalue weighted by Gasteiger charge is 2.26. The summed E-state index contributed by atoms with van der Waals surface area (Å²) in [6.45, 7) is 6.32. The zero-order chi connectivity index (χ0) is 16.2. The van der Waals surface area contributed by atoms with E-state index >= 15 is 0 Å². The zero-order valence-electron chi connectivity index (χ0n) is 11.5. The number of carboxylic acids is 1. The van der Waals surface area contributed by atoms with Crippen LogP contribution in [-0.2, 0) is 9.53 Å². The number of carbonyl (C=O) groups excluding carboxylic acids is 2. The van der Waals surface area contributed by atoms with E-state index in [1.54, 1.807) is 0 Å². The van der Waals surface area contributed by atoms with Gasteiger partial charge in [0.1, 0.15) is 22.6 Å². The lowest BCUT2D eigenvalue weighted by molar-refractivity contribution is -0.130. The highest BCUT2D eigenvalue weighted by Crippen LogP contribution is 2.32. The van der Waals surface area contributed by atoms with Crippen molar-refractivity contribution in [3.8, 4) is 11.5 Å². The number of ether oxygens (including phenoxy) is 2. The number of hydrogen-bond donors (Lipinski definition) is 2. The van der Waals surface area contributed by atoms with Gasteiger partial charge in [0.15, 0.2) is 0 Å². The minimum atomic E-state index is -1.43. The molecule has 0 atom stereocenters. The lowest BCUT2D eigenvalue weighted by Gasteiger charge is -2.12. The van der Waals surface area contributed by atoms with Gasteiger partial charge in [0.25, 0.3) is 0 Å². The molecule has 0 spiro atoms. The molecule has 7 nitrogen and oxygen atoms in total. The third-order valence-electron chi connectivity index (χ3n) is 2.40. The van der Waals surface area contributed by atoms with E-state index in [9.17, 15) is 19.5 Å². The molecular formula is C14H14O7. The maximum atomic E-state index is 11.8.